The van der Waals surface area contributed by atoms with Crippen LogP contribution in [-0.2, 0) is 16.4 Å². The standard InChI is InChI=1S/C24H26BrN5O5S/c1-5-35-22-8-16(6-7-21(22)34-3)20(14-36(4,32)33)30-23-19(9-17(25)11-27-23)29(24(30)31)13-18-12-26-10-15(2)28-18/h6-12,20H,5,13-14H2,1-4H3. The predicted octanol–water partition coefficient (Wildman–Crippen LogP) is 3.15. The number of nitrogens with zero attached hydrogens (tertiary/aromatic N) is 5. The average Bonchev–Trinajstić information content (AvgIpc) is 3.07. The smallest absolute Gasteiger partial charge is 0.331 e. The third-order valence-corrected chi connectivity index (χ3v) is 6.89. The number of hydrogen-bond acceptors (Lipinski definition) is 8. The van der Waals surface area contributed by atoms with Gasteiger partial charge in [-0.2, -0.15) is 0 Å². The second kappa shape index (κ2) is 10.4. The van der Waals surface area contributed by atoms with E-state index in [9.17, 15) is 13.2 Å². The lowest BCUT2D eigenvalue weighted by Crippen LogP contribution is -2.32. The minimum absolute atomic E-state index is 0.146. The fraction of sp³-hybridized carbons (Fsp3) is 0.333. The first-order valence-electron chi connectivity index (χ1n) is 11.1. The molecular weight excluding hydrogens is 550 g/mol. The molecule has 3 heterocycles. The van der Waals surface area contributed by atoms with Crippen LogP contribution in [0.15, 0.2) is 52.1 Å². The van der Waals surface area contributed by atoms with Crippen LogP contribution in [0.3, 0.4) is 0 Å². The van der Waals surface area contributed by atoms with Crippen molar-refractivity contribution in [3.63, 3.8) is 0 Å². The van der Waals surface area contributed by atoms with Crippen LogP contribution < -0.4 is 15.2 Å². The highest BCUT2D eigenvalue weighted by Crippen LogP contribution is 2.33. The molecular formula is C24H26BrN5O5S. The van der Waals surface area contributed by atoms with E-state index in [1.165, 1.54) is 16.2 Å². The summed E-state index contributed by atoms with van der Waals surface area (Å²) in [6.07, 6.45) is 5.95. The zero-order chi connectivity index (χ0) is 26.0. The zero-order valence-corrected chi connectivity index (χ0v) is 22.7. The summed E-state index contributed by atoms with van der Waals surface area (Å²) in [5.41, 5.74) is 2.37. The van der Waals surface area contributed by atoms with Crippen LogP contribution in [0.2, 0.25) is 0 Å². The normalized spacial score (nSPS) is 12.6. The number of sulfone groups is 1. The van der Waals surface area contributed by atoms with E-state index in [1.54, 1.807) is 42.9 Å². The molecule has 3 aromatic heterocycles. The summed E-state index contributed by atoms with van der Waals surface area (Å²) in [6, 6.07) is 6.06. The molecule has 0 saturated heterocycles. The molecule has 12 heteroatoms. The van der Waals surface area contributed by atoms with E-state index in [0.717, 1.165) is 11.9 Å². The fourth-order valence-electron chi connectivity index (χ4n) is 4.09. The minimum atomic E-state index is -3.51. The van der Waals surface area contributed by atoms with Gasteiger partial charge in [0, 0.05) is 23.1 Å². The number of aryl methyl sites for hydroxylation is 1. The van der Waals surface area contributed by atoms with E-state index in [4.69, 9.17) is 9.47 Å². The molecule has 4 rings (SSSR count). The van der Waals surface area contributed by atoms with Gasteiger partial charge in [0.2, 0.25) is 0 Å². The van der Waals surface area contributed by atoms with Gasteiger partial charge < -0.3 is 9.47 Å². The predicted molar refractivity (Wildman–Crippen MR) is 140 cm³/mol. The van der Waals surface area contributed by atoms with E-state index in [0.29, 0.717) is 45.0 Å². The molecule has 1 aromatic carbocycles. The molecule has 1 atom stereocenters. The molecule has 0 aliphatic heterocycles. The molecule has 0 N–H and O–H groups in total. The van der Waals surface area contributed by atoms with Crippen LogP contribution in [0.5, 0.6) is 11.5 Å². The van der Waals surface area contributed by atoms with Crippen molar-refractivity contribution in [1.29, 1.82) is 0 Å². The maximum Gasteiger partial charge on any atom is 0.331 e. The number of rotatable bonds is 9. The molecule has 4 aromatic rings. The monoisotopic (exact) mass is 575 g/mol. The Labute approximate surface area is 217 Å². The van der Waals surface area contributed by atoms with Crippen molar-refractivity contribution in [1.82, 2.24) is 24.1 Å². The Morgan fingerprint density at radius 2 is 1.92 bits per heavy atom. The van der Waals surface area contributed by atoms with Gasteiger partial charge in [-0.15, -0.1) is 0 Å². The van der Waals surface area contributed by atoms with Gasteiger partial charge in [-0.1, -0.05) is 6.07 Å². The number of ether oxygens (including phenoxy) is 2. The van der Waals surface area contributed by atoms with Crippen LogP contribution in [0.4, 0.5) is 0 Å². The Kier molecular flexibility index (Phi) is 7.46. The lowest BCUT2D eigenvalue weighted by atomic mass is 10.1. The maximum absolute atomic E-state index is 13.9. The molecule has 0 saturated carbocycles. The molecule has 0 aliphatic carbocycles. The topological polar surface area (TPSA) is 118 Å². The van der Waals surface area contributed by atoms with Crippen molar-refractivity contribution in [2.45, 2.75) is 26.4 Å². The zero-order valence-electron chi connectivity index (χ0n) is 20.3. The van der Waals surface area contributed by atoms with Crippen molar-refractivity contribution in [3.8, 4) is 11.5 Å². The summed E-state index contributed by atoms with van der Waals surface area (Å²) >= 11 is 3.43. The van der Waals surface area contributed by atoms with Gasteiger partial charge in [0.25, 0.3) is 0 Å². The molecule has 10 nitrogen and oxygen atoms in total. The van der Waals surface area contributed by atoms with E-state index in [-0.39, 0.29) is 12.3 Å². The average molecular weight is 576 g/mol. The Morgan fingerprint density at radius 1 is 1.14 bits per heavy atom. The van der Waals surface area contributed by atoms with Crippen molar-refractivity contribution >= 4 is 36.9 Å². The van der Waals surface area contributed by atoms with Crippen LogP contribution in [0.25, 0.3) is 11.2 Å². The Bertz CT molecular complexity index is 1580. The Hall–Kier alpha value is -3.25. The number of fused-ring (bicyclic) bond motifs is 1. The third kappa shape index (κ3) is 5.44. The summed E-state index contributed by atoms with van der Waals surface area (Å²) in [7, 11) is -1.98. The van der Waals surface area contributed by atoms with Crippen LogP contribution in [-0.4, -0.2) is 58.2 Å². The largest absolute Gasteiger partial charge is 0.493 e. The molecule has 0 bridgehead atoms. The number of methoxy groups -OCH3 is 1. The number of aromatic nitrogens is 5. The van der Waals surface area contributed by atoms with Crippen molar-refractivity contribution in [2.24, 2.45) is 0 Å². The fourth-order valence-corrected chi connectivity index (χ4v) is 5.33. The first kappa shape index (κ1) is 25.8. The molecule has 190 valence electrons. The van der Waals surface area contributed by atoms with Crippen LogP contribution in [0, 0.1) is 6.92 Å². The quantitative estimate of drug-likeness (QED) is 0.298. The highest BCUT2D eigenvalue weighted by atomic mass is 79.9. The SMILES string of the molecule is CCOc1cc(C(CS(C)(=O)=O)n2c(=O)n(Cc3cncc(C)n3)c3cc(Br)cnc32)ccc1OC. The summed E-state index contributed by atoms with van der Waals surface area (Å²) in [5, 5.41) is 0. The van der Waals surface area contributed by atoms with E-state index in [1.807, 2.05) is 13.8 Å². The molecule has 0 amide bonds. The molecule has 36 heavy (non-hydrogen) atoms. The molecule has 0 fully saturated rings. The maximum atomic E-state index is 13.9. The molecule has 0 radical (unpaired) electrons. The van der Waals surface area contributed by atoms with Gasteiger partial charge in [-0.25, -0.2) is 18.2 Å². The lowest BCUT2D eigenvalue weighted by molar-refractivity contribution is 0.310. The van der Waals surface area contributed by atoms with Gasteiger partial charge >= 0.3 is 5.69 Å². The van der Waals surface area contributed by atoms with Crippen molar-refractivity contribution < 1.29 is 17.9 Å². The second-order valence-corrected chi connectivity index (χ2v) is 11.4. The highest BCUT2D eigenvalue weighted by molar-refractivity contribution is 9.10. The van der Waals surface area contributed by atoms with Gasteiger partial charge in [0.1, 0.15) is 9.84 Å². The Balaban J connectivity index is 1.96. The highest BCUT2D eigenvalue weighted by Gasteiger charge is 2.27. The van der Waals surface area contributed by atoms with Crippen molar-refractivity contribution in [2.75, 3.05) is 25.7 Å². The summed E-state index contributed by atoms with van der Waals surface area (Å²) < 4.78 is 39.8. The first-order valence-corrected chi connectivity index (χ1v) is 14.0. The number of imidazole rings is 1. The lowest BCUT2D eigenvalue weighted by Gasteiger charge is -2.20. The molecule has 0 spiro atoms. The Morgan fingerprint density at radius 3 is 2.58 bits per heavy atom. The number of pyridine rings is 1. The first-order chi connectivity index (χ1) is 17.1. The van der Waals surface area contributed by atoms with E-state index in [2.05, 4.69) is 30.9 Å². The van der Waals surface area contributed by atoms with Crippen LogP contribution in [0.1, 0.15) is 29.9 Å². The molecule has 1 unspecified atom stereocenters. The minimum Gasteiger partial charge on any atom is -0.493 e. The number of hydrogen-bond donors (Lipinski definition) is 0. The summed E-state index contributed by atoms with van der Waals surface area (Å²) in [4.78, 5) is 27.0. The summed E-state index contributed by atoms with van der Waals surface area (Å²) in [5.74, 6) is 0.651. The van der Waals surface area contributed by atoms with Gasteiger partial charge in [0.15, 0.2) is 17.1 Å². The van der Waals surface area contributed by atoms with Crippen molar-refractivity contribution in [3.05, 3.63) is 74.8 Å². The van der Waals surface area contributed by atoms with Gasteiger partial charge in [-0.3, -0.25) is 19.1 Å². The number of benzene rings is 1. The number of halogens is 1. The van der Waals surface area contributed by atoms with Gasteiger partial charge in [-0.05, 0) is 53.5 Å². The summed E-state index contributed by atoms with van der Waals surface area (Å²) in [6.45, 7) is 4.20. The second-order valence-electron chi connectivity index (χ2n) is 8.34. The van der Waals surface area contributed by atoms with Gasteiger partial charge in [0.05, 0.1) is 55.2 Å². The van der Waals surface area contributed by atoms with Crippen LogP contribution >= 0.6 is 15.9 Å². The third-order valence-electron chi connectivity index (χ3n) is 5.54. The molecule has 0 aliphatic rings. The van der Waals surface area contributed by atoms with E-state index >= 15 is 0 Å². The van der Waals surface area contributed by atoms with E-state index < -0.39 is 21.6 Å².